The van der Waals surface area contributed by atoms with Gasteiger partial charge in [-0.2, -0.15) is 0 Å². The Bertz CT molecular complexity index is 1600. The van der Waals surface area contributed by atoms with Crippen molar-refractivity contribution >= 4 is 31.4 Å². The molecule has 0 aliphatic carbocycles. The minimum absolute atomic E-state index is 0. The van der Waals surface area contributed by atoms with Crippen LogP contribution in [0.4, 0.5) is 0 Å². The fourth-order valence-corrected chi connectivity index (χ4v) is 5.81. The van der Waals surface area contributed by atoms with E-state index in [9.17, 15) is 25.9 Å². The van der Waals surface area contributed by atoms with Crippen LogP contribution in [0.2, 0.25) is 0 Å². The number of rotatable bonds is 16. The summed E-state index contributed by atoms with van der Waals surface area (Å²) in [6.45, 7) is 0.607. The molecule has 8 nitrogen and oxygen atoms in total. The number of benzene rings is 4. The van der Waals surface area contributed by atoms with E-state index in [2.05, 4.69) is 24.3 Å². The van der Waals surface area contributed by atoms with Crippen molar-refractivity contribution in [1.29, 1.82) is 0 Å². The van der Waals surface area contributed by atoms with E-state index in [1.807, 2.05) is 84.9 Å². The molecule has 12 heteroatoms. The number of hydrogen-bond donors (Lipinski definition) is 0. The van der Waals surface area contributed by atoms with E-state index in [1.165, 1.54) is 0 Å². The van der Waals surface area contributed by atoms with Gasteiger partial charge in [-0.05, 0) is 83.3 Å². The molecule has 0 unspecified atom stereocenters. The molecule has 46 heavy (non-hydrogen) atoms. The van der Waals surface area contributed by atoms with Gasteiger partial charge in [-0.15, -0.1) is 0 Å². The summed E-state index contributed by atoms with van der Waals surface area (Å²) in [5.74, 6) is 0.485. The summed E-state index contributed by atoms with van der Waals surface area (Å²) >= 11 is 0. The molecule has 0 atom stereocenters. The maximum atomic E-state index is 10.8. The molecule has 232 valence electrons. The topological polar surface area (TPSA) is 133 Å². The second kappa shape index (κ2) is 19.8. The van der Waals surface area contributed by atoms with E-state index < -0.39 is 31.7 Å². The molecule has 0 saturated heterocycles. The predicted octanol–water partition coefficient (Wildman–Crippen LogP) is 0.110. The van der Waals surface area contributed by atoms with Gasteiger partial charge >= 0.3 is 59.1 Å². The van der Waals surface area contributed by atoms with Gasteiger partial charge in [0.2, 0.25) is 0 Å². The molecule has 0 saturated carbocycles. The van der Waals surface area contributed by atoms with Gasteiger partial charge in [0.1, 0.15) is 11.5 Å². The fourth-order valence-electron chi connectivity index (χ4n) is 4.70. The molecule has 0 fully saturated rings. The van der Waals surface area contributed by atoms with Crippen molar-refractivity contribution in [2.24, 2.45) is 0 Å². The molecule has 4 rings (SSSR count). The van der Waals surface area contributed by atoms with Gasteiger partial charge in [0.15, 0.2) is 0 Å². The summed E-state index contributed by atoms with van der Waals surface area (Å²) in [5.41, 5.74) is 6.00. The molecule has 0 heterocycles. The minimum Gasteiger partial charge on any atom is -0.748 e. The van der Waals surface area contributed by atoms with E-state index in [4.69, 9.17) is 9.47 Å². The molecular formula is C34H34Na2O8S2. The molecule has 4 aromatic rings. The molecule has 0 aliphatic heterocycles. The van der Waals surface area contributed by atoms with Crippen LogP contribution in [0.3, 0.4) is 0 Å². The second-order valence-electron chi connectivity index (χ2n) is 10.2. The Morgan fingerprint density at radius 3 is 1.07 bits per heavy atom. The van der Waals surface area contributed by atoms with Crippen LogP contribution in [-0.2, 0) is 20.2 Å². The summed E-state index contributed by atoms with van der Waals surface area (Å²) in [6, 6.07) is 35.6. The third kappa shape index (κ3) is 13.6. The summed E-state index contributed by atoms with van der Waals surface area (Å²) in [7, 11) is -8.45. The maximum absolute atomic E-state index is 10.8. The molecule has 0 aliphatic rings. The normalized spacial score (nSPS) is 11.9. The van der Waals surface area contributed by atoms with Crippen LogP contribution in [-0.4, -0.2) is 50.7 Å². The Labute approximate surface area is 316 Å². The molecule has 4 aromatic carbocycles. The van der Waals surface area contributed by atoms with Gasteiger partial charge in [0, 0.05) is 11.5 Å². The largest absolute Gasteiger partial charge is 1.00 e. The molecule has 0 bridgehead atoms. The van der Waals surface area contributed by atoms with E-state index >= 15 is 0 Å². The standard InChI is InChI=1S/C34H36O8S2.2Na/c35-43(36,37)25-9-7-23-41-31-19-15-29(16-20-31)33(27-11-3-1-4-12-27)34(28-13-5-2-6-14-28)30-17-21-32(22-18-30)42-24-8-10-26-44(38,39)40;;/h1-6,11-22H,7-10,23-26H2,(H,35,36,37)(H,38,39,40);;/q;2*+1/p-2/b34-33+;;. The summed E-state index contributed by atoms with van der Waals surface area (Å²) in [5, 5.41) is 0. The van der Waals surface area contributed by atoms with E-state index in [1.54, 1.807) is 0 Å². The van der Waals surface area contributed by atoms with Crippen LogP contribution in [0.25, 0.3) is 11.1 Å². The van der Waals surface area contributed by atoms with Crippen LogP contribution < -0.4 is 68.6 Å². The van der Waals surface area contributed by atoms with Gasteiger partial charge in [-0.3, -0.25) is 0 Å². The monoisotopic (exact) mass is 680 g/mol. The SMILES string of the molecule is O=S(=O)([O-])CCCCOc1ccc(/C(=C(\c2ccccc2)c2ccc(OCCCCS(=O)(=O)[O-])cc2)c2ccccc2)cc1.[Na+].[Na+]. The zero-order valence-corrected chi connectivity index (χ0v) is 31.8. The Hall–Kier alpha value is -1.96. The van der Waals surface area contributed by atoms with Crippen molar-refractivity contribution in [3.8, 4) is 11.5 Å². The van der Waals surface area contributed by atoms with Crippen molar-refractivity contribution in [3.63, 3.8) is 0 Å². The molecule has 0 radical (unpaired) electrons. The third-order valence-corrected chi connectivity index (χ3v) is 8.35. The smallest absolute Gasteiger partial charge is 0.748 e. The number of hydrogen-bond acceptors (Lipinski definition) is 8. The molecule has 0 N–H and O–H groups in total. The van der Waals surface area contributed by atoms with Gasteiger partial charge < -0.3 is 18.6 Å². The van der Waals surface area contributed by atoms with E-state index in [0.29, 0.717) is 37.6 Å². The van der Waals surface area contributed by atoms with Crippen molar-refractivity contribution < 1.29 is 94.5 Å². The number of unbranched alkanes of at least 4 members (excludes halogenated alkanes) is 2. The van der Waals surface area contributed by atoms with Crippen LogP contribution in [0.5, 0.6) is 11.5 Å². The van der Waals surface area contributed by atoms with Crippen LogP contribution in [0, 0.1) is 0 Å². The molecule has 0 spiro atoms. The summed E-state index contributed by atoms with van der Waals surface area (Å²) in [4.78, 5) is 0. The van der Waals surface area contributed by atoms with Crippen LogP contribution >= 0.6 is 0 Å². The third-order valence-electron chi connectivity index (χ3n) is 6.78. The van der Waals surface area contributed by atoms with Gasteiger partial charge in [0.05, 0.1) is 33.5 Å². The Morgan fingerprint density at radius 1 is 0.457 bits per heavy atom. The Morgan fingerprint density at radius 2 is 0.761 bits per heavy atom. The van der Waals surface area contributed by atoms with Gasteiger partial charge in [-0.1, -0.05) is 84.9 Å². The first-order valence-electron chi connectivity index (χ1n) is 14.3. The summed E-state index contributed by atoms with van der Waals surface area (Å²) in [6.07, 6.45) is 1.41. The minimum atomic E-state index is -4.22. The molecule has 0 aromatic heterocycles. The zero-order chi connectivity index (χ0) is 31.4. The van der Waals surface area contributed by atoms with Crippen molar-refractivity contribution in [2.75, 3.05) is 24.7 Å². The second-order valence-corrected chi connectivity index (χ2v) is 13.2. The quantitative estimate of drug-likeness (QED) is 0.0706. The first kappa shape index (κ1) is 40.2. The summed E-state index contributed by atoms with van der Waals surface area (Å²) < 4.78 is 76.5. The van der Waals surface area contributed by atoms with Gasteiger partial charge in [0.25, 0.3) is 0 Å². The van der Waals surface area contributed by atoms with Gasteiger partial charge in [-0.25, -0.2) is 16.8 Å². The Kier molecular flexibility index (Phi) is 17.3. The average Bonchev–Trinajstić information content (AvgIpc) is 3.00. The predicted molar refractivity (Wildman–Crippen MR) is 169 cm³/mol. The fraction of sp³-hybridized carbons (Fsp3) is 0.235. The van der Waals surface area contributed by atoms with E-state index in [-0.39, 0.29) is 72.0 Å². The molecule has 0 amide bonds. The number of ether oxygens (including phenoxy) is 2. The Balaban J connectivity index is 0.00000368. The van der Waals surface area contributed by atoms with E-state index in [0.717, 1.165) is 33.4 Å². The van der Waals surface area contributed by atoms with Crippen molar-refractivity contribution in [3.05, 3.63) is 131 Å². The zero-order valence-electron chi connectivity index (χ0n) is 26.1. The van der Waals surface area contributed by atoms with Crippen LogP contribution in [0.15, 0.2) is 109 Å². The first-order chi connectivity index (χ1) is 21.1. The van der Waals surface area contributed by atoms with Crippen molar-refractivity contribution in [1.82, 2.24) is 0 Å². The molecular weight excluding hydrogens is 646 g/mol. The first-order valence-corrected chi connectivity index (χ1v) is 17.4. The van der Waals surface area contributed by atoms with Crippen LogP contribution in [0.1, 0.15) is 47.9 Å². The maximum Gasteiger partial charge on any atom is 1.00 e. The van der Waals surface area contributed by atoms with Crippen molar-refractivity contribution in [2.45, 2.75) is 25.7 Å². The average molecular weight is 681 g/mol.